The van der Waals surface area contributed by atoms with Gasteiger partial charge < -0.3 is 9.15 Å². The highest BCUT2D eigenvalue weighted by Crippen LogP contribution is 2.33. The monoisotopic (exact) mass is 290 g/mol. The smallest absolute Gasteiger partial charge is 0.201 e. The number of rotatable bonds is 4. The number of benzene rings is 1. The Morgan fingerprint density at radius 2 is 2.10 bits per heavy atom. The van der Waals surface area contributed by atoms with Gasteiger partial charge in [-0.1, -0.05) is 19.3 Å². The average Bonchev–Trinajstić information content (AvgIpc) is 2.86. The van der Waals surface area contributed by atoms with Crippen LogP contribution in [0, 0.1) is 11.7 Å². The van der Waals surface area contributed by atoms with Crippen LogP contribution in [0.15, 0.2) is 22.6 Å². The van der Waals surface area contributed by atoms with Crippen molar-refractivity contribution in [1.29, 1.82) is 0 Å². The molecule has 0 radical (unpaired) electrons. The Hall–Kier alpha value is -1.68. The first kappa shape index (κ1) is 14.3. The van der Waals surface area contributed by atoms with Crippen LogP contribution >= 0.6 is 0 Å². The van der Waals surface area contributed by atoms with E-state index in [1.165, 1.54) is 18.6 Å². The lowest BCUT2D eigenvalue weighted by molar-refractivity contribution is 0.0856. The van der Waals surface area contributed by atoms with Gasteiger partial charge in [-0.3, -0.25) is 4.79 Å². The number of furan rings is 1. The van der Waals surface area contributed by atoms with E-state index in [4.69, 9.17) is 9.15 Å². The molecule has 0 atom stereocenters. The van der Waals surface area contributed by atoms with Gasteiger partial charge in [0, 0.05) is 24.0 Å². The molecule has 1 saturated carbocycles. The molecular formula is C17H19FO3. The maximum atomic E-state index is 13.5. The predicted octanol–water partition coefficient (Wildman–Crippen LogP) is 4.48. The Bertz CT molecular complexity index is 653. The first-order valence-electron chi connectivity index (χ1n) is 7.45. The third kappa shape index (κ3) is 2.72. The van der Waals surface area contributed by atoms with Crippen molar-refractivity contribution in [1.82, 2.24) is 0 Å². The second kappa shape index (κ2) is 5.98. The van der Waals surface area contributed by atoms with Crippen molar-refractivity contribution < 1.29 is 18.3 Å². The molecule has 2 aromatic rings. The second-order valence-electron chi connectivity index (χ2n) is 5.68. The molecule has 1 aromatic carbocycles. The van der Waals surface area contributed by atoms with E-state index in [1.54, 1.807) is 13.2 Å². The molecule has 0 aliphatic heterocycles. The molecule has 0 spiro atoms. The summed E-state index contributed by atoms with van der Waals surface area (Å²) in [5.74, 6) is 0.0831. The molecule has 1 aliphatic rings. The molecule has 3 nitrogen and oxygen atoms in total. The normalized spacial score (nSPS) is 16.5. The summed E-state index contributed by atoms with van der Waals surface area (Å²) in [5.41, 5.74) is 1.21. The van der Waals surface area contributed by atoms with Crippen LogP contribution < -0.4 is 0 Å². The van der Waals surface area contributed by atoms with Gasteiger partial charge in [0.2, 0.25) is 5.78 Å². The number of ether oxygens (including phenoxy) is 1. The lowest BCUT2D eigenvalue weighted by Gasteiger charge is -2.19. The van der Waals surface area contributed by atoms with Gasteiger partial charge in [-0.15, -0.1) is 0 Å². The molecular weight excluding hydrogens is 271 g/mol. The highest BCUT2D eigenvalue weighted by atomic mass is 19.1. The zero-order valence-electron chi connectivity index (χ0n) is 12.2. The summed E-state index contributed by atoms with van der Waals surface area (Å²) in [6, 6.07) is 4.32. The van der Waals surface area contributed by atoms with E-state index in [1.807, 2.05) is 0 Å². The van der Waals surface area contributed by atoms with E-state index >= 15 is 0 Å². The van der Waals surface area contributed by atoms with E-state index in [9.17, 15) is 9.18 Å². The fourth-order valence-electron chi connectivity index (χ4n) is 3.16. The molecule has 1 heterocycles. The quantitative estimate of drug-likeness (QED) is 0.779. The van der Waals surface area contributed by atoms with Crippen molar-refractivity contribution in [2.75, 3.05) is 7.11 Å². The summed E-state index contributed by atoms with van der Waals surface area (Å²) in [7, 11) is 1.56. The van der Waals surface area contributed by atoms with E-state index in [-0.39, 0.29) is 24.1 Å². The van der Waals surface area contributed by atoms with Crippen LogP contribution in [-0.4, -0.2) is 12.9 Å². The lowest BCUT2D eigenvalue weighted by atomic mass is 9.85. The topological polar surface area (TPSA) is 39.4 Å². The molecule has 1 aromatic heterocycles. The zero-order chi connectivity index (χ0) is 14.8. The maximum absolute atomic E-state index is 13.5. The van der Waals surface area contributed by atoms with Gasteiger partial charge in [0.05, 0.1) is 6.61 Å². The van der Waals surface area contributed by atoms with Crippen LogP contribution in [0.25, 0.3) is 11.0 Å². The van der Waals surface area contributed by atoms with Crippen LogP contribution in [0.3, 0.4) is 0 Å². The van der Waals surface area contributed by atoms with E-state index in [2.05, 4.69) is 0 Å². The van der Waals surface area contributed by atoms with Gasteiger partial charge in [-0.2, -0.15) is 0 Å². The number of methoxy groups -OCH3 is 1. The van der Waals surface area contributed by atoms with Crippen LogP contribution in [0.2, 0.25) is 0 Å². The van der Waals surface area contributed by atoms with E-state index in [0.717, 1.165) is 25.7 Å². The Balaban J connectivity index is 2.03. The van der Waals surface area contributed by atoms with Crippen molar-refractivity contribution in [3.63, 3.8) is 0 Å². The molecule has 21 heavy (non-hydrogen) atoms. The number of Topliss-reactive ketones (excluding diaryl/α,β-unsaturated/α-hetero) is 1. The molecule has 0 bridgehead atoms. The number of hydrogen-bond acceptors (Lipinski definition) is 3. The summed E-state index contributed by atoms with van der Waals surface area (Å²) in [4.78, 5) is 12.7. The van der Waals surface area contributed by atoms with Crippen LogP contribution in [-0.2, 0) is 11.3 Å². The number of ketones is 1. The Morgan fingerprint density at radius 3 is 2.81 bits per heavy atom. The zero-order valence-corrected chi connectivity index (χ0v) is 12.2. The molecule has 4 heteroatoms. The molecule has 0 amide bonds. The van der Waals surface area contributed by atoms with Gasteiger partial charge >= 0.3 is 0 Å². The van der Waals surface area contributed by atoms with Gasteiger partial charge in [-0.25, -0.2) is 4.39 Å². The van der Waals surface area contributed by atoms with Gasteiger partial charge in [0.15, 0.2) is 5.76 Å². The van der Waals surface area contributed by atoms with Crippen molar-refractivity contribution in [3.8, 4) is 0 Å². The van der Waals surface area contributed by atoms with Crippen molar-refractivity contribution in [2.45, 2.75) is 38.7 Å². The SMILES string of the molecule is COCc1c(C(=O)C2CCCCC2)oc2ccc(F)cc12. The fourth-order valence-corrected chi connectivity index (χ4v) is 3.16. The Kier molecular flexibility index (Phi) is 4.06. The Morgan fingerprint density at radius 1 is 1.33 bits per heavy atom. The van der Waals surface area contributed by atoms with E-state index < -0.39 is 0 Å². The summed E-state index contributed by atoms with van der Waals surface area (Å²) in [6.45, 7) is 0.254. The van der Waals surface area contributed by atoms with Crippen molar-refractivity contribution >= 4 is 16.8 Å². The largest absolute Gasteiger partial charge is 0.453 e. The molecule has 1 fully saturated rings. The number of carbonyl (C=O) groups excluding carboxylic acids is 1. The summed E-state index contributed by atoms with van der Waals surface area (Å²) >= 11 is 0. The van der Waals surface area contributed by atoms with Crippen LogP contribution in [0.5, 0.6) is 0 Å². The number of halogens is 1. The van der Waals surface area contributed by atoms with E-state index in [0.29, 0.717) is 22.3 Å². The van der Waals surface area contributed by atoms with Gasteiger partial charge in [-0.05, 0) is 31.0 Å². The minimum absolute atomic E-state index is 0.0276. The van der Waals surface area contributed by atoms with Crippen LogP contribution in [0.1, 0.15) is 48.2 Å². The number of fused-ring (bicyclic) bond motifs is 1. The molecule has 0 saturated heterocycles. The molecule has 0 unspecified atom stereocenters. The first-order chi connectivity index (χ1) is 10.2. The van der Waals surface area contributed by atoms with Crippen LogP contribution in [0.4, 0.5) is 4.39 Å². The Labute approximate surface area is 123 Å². The lowest BCUT2D eigenvalue weighted by Crippen LogP contribution is -2.18. The maximum Gasteiger partial charge on any atom is 0.201 e. The standard InChI is InChI=1S/C17H19FO3/c1-20-10-14-13-9-12(18)7-8-15(13)21-17(14)16(19)11-5-3-2-4-6-11/h7-9,11H,2-6,10H2,1H3. The molecule has 1 aliphatic carbocycles. The first-order valence-corrected chi connectivity index (χ1v) is 7.45. The van der Waals surface area contributed by atoms with Crippen molar-refractivity contribution in [2.24, 2.45) is 5.92 Å². The molecule has 3 rings (SSSR count). The van der Waals surface area contributed by atoms with Gasteiger partial charge in [0.1, 0.15) is 11.4 Å². The second-order valence-corrected chi connectivity index (χ2v) is 5.68. The minimum Gasteiger partial charge on any atom is -0.453 e. The number of hydrogen-bond donors (Lipinski definition) is 0. The third-order valence-electron chi connectivity index (χ3n) is 4.24. The van der Waals surface area contributed by atoms with Crippen molar-refractivity contribution in [3.05, 3.63) is 35.3 Å². The highest BCUT2D eigenvalue weighted by molar-refractivity contribution is 6.01. The molecule has 0 N–H and O–H groups in total. The predicted molar refractivity (Wildman–Crippen MR) is 77.8 cm³/mol. The minimum atomic E-state index is -0.336. The van der Waals surface area contributed by atoms with Gasteiger partial charge in [0.25, 0.3) is 0 Å². The average molecular weight is 290 g/mol. The highest BCUT2D eigenvalue weighted by Gasteiger charge is 2.28. The number of carbonyl (C=O) groups is 1. The summed E-state index contributed by atoms with van der Waals surface area (Å²) in [6.07, 6.45) is 5.20. The third-order valence-corrected chi connectivity index (χ3v) is 4.24. The fraction of sp³-hybridized carbons (Fsp3) is 0.471. The molecule has 112 valence electrons. The summed E-state index contributed by atoms with van der Waals surface area (Å²) < 4.78 is 24.4. The summed E-state index contributed by atoms with van der Waals surface area (Å²) in [5, 5.41) is 0.635.